The molecule has 1 aliphatic rings. The minimum atomic E-state index is -0.0410. The summed E-state index contributed by atoms with van der Waals surface area (Å²) in [7, 11) is 1.97. The van der Waals surface area contributed by atoms with Crippen molar-refractivity contribution < 1.29 is 4.79 Å². The molecule has 3 nitrogen and oxygen atoms in total. The van der Waals surface area contributed by atoms with Crippen molar-refractivity contribution in [3.63, 3.8) is 0 Å². The van der Waals surface area contributed by atoms with E-state index in [1.165, 1.54) is 0 Å². The predicted octanol–water partition coefficient (Wildman–Crippen LogP) is 2.20. The van der Waals surface area contributed by atoms with E-state index in [-0.39, 0.29) is 11.8 Å². The van der Waals surface area contributed by atoms with Crippen molar-refractivity contribution in [3.05, 3.63) is 28.8 Å². The number of likely N-dealkylation sites (tertiary alicyclic amines) is 1. The minimum Gasteiger partial charge on any atom is -0.398 e. The van der Waals surface area contributed by atoms with Crippen molar-refractivity contribution in [3.8, 4) is 0 Å². The van der Waals surface area contributed by atoms with Crippen LogP contribution in [0.25, 0.3) is 0 Å². The quantitative estimate of drug-likeness (QED) is 0.635. The number of Topliss-reactive ketones (excluding diaryl/α,β-unsaturated/α-hetero) is 1. The third-order valence-corrected chi connectivity index (χ3v) is 3.34. The molecule has 0 bridgehead atoms. The Hall–Kier alpha value is -1.06. The highest BCUT2D eigenvalue weighted by molar-refractivity contribution is 6.31. The van der Waals surface area contributed by atoms with Crippen LogP contribution in [0, 0.1) is 0 Å². The van der Waals surface area contributed by atoms with Crippen molar-refractivity contribution in [2.75, 3.05) is 19.3 Å². The Morgan fingerprint density at radius 3 is 2.94 bits per heavy atom. The molecule has 2 rings (SSSR count). The Kier molecular flexibility index (Phi) is 3.17. The maximum absolute atomic E-state index is 12.3. The summed E-state index contributed by atoms with van der Waals surface area (Å²) in [6, 6.07) is 5.00. The first-order valence-electron chi connectivity index (χ1n) is 5.39. The van der Waals surface area contributed by atoms with E-state index in [4.69, 9.17) is 17.3 Å². The summed E-state index contributed by atoms with van der Waals surface area (Å²) >= 11 is 5.88. The Bertz CT molecular complexity index is 419. The molecule has 0 radical (unpaired) electrons. The lowest BCUT2D eigenvalue weighted by molar-refractivity contribution is 0.0891. The van der Waals surface area contributed by atoms with Gasteiger partial charge >= 0.3 is 0 Å². The molecule has 0 aromatic heterocycles. The monoisotopic (exact) mass is 238 g/mol. The van der Waals surface area contributed by atoms with Gasteiger partial charge in [0, 0.05) is 16.3 Å². The van der Waals surface area contributed by atoms with E-state index in [9.17, 15) is 4.79 Å². The number of ketones is 1. The second-order valence-corrected chi connectivity index (χ2v) is 4.67. The Labute approximate surface area is 100 Å². The van der Waals surface area contributed by atoms with Crippen LogP contribution in [0.3, 0.4) is 0 Å². The molecule has 1 aromatic rings. The Morgan fingerprint density at radius 1 is 1.56 bits per heavy atom. The molecule has 0 saturated carbocycles. The van der Waals surface area contributed by atoms with Gasteiger partial charge in [0.05, 0.1) is 6.04 Å². The Balaban J connectivity index is 2.29. The molecule has 16 heavy (non-hydrogen) atoms. The maximum atomic E-state index is 12.3. The van der Waals surface area contributed by atoms with E-state index < -0.39 is 0 Å². The van der Waals surface area contributed by atoms with Crippen molar-refractivity contribution in [1.82, 2.24) is 4.90 Å². The standard InChI is InChI=1S/C12H15ClN2O/c1-15-6-2-3-11(15)12(16)9-7-8(13)4-5-10(9)14/h4-5,7,11H,2-3,6,14H2,1H3. The zero-order valence-corrected chi connectivity index (χ0v) is 10.00. The molecule has 1 saturated heterocycles. The van der Waals surface area contributed by atoms with Gasteiger partial charge in [0.15, 0.2) is 5.78 Å². The molecular weight excluding hydrogens is 224 g/mol. The summed E-state index contributed by atoms with van der Waals surface area (Å²) in [5.74, 6) is 0.0833. The number of carbonyl (C=O) groups excluding carboxylic acids is 1. The fourth-order valence-corrected chi connectivity index (χ4v) is 2.34. The number of hydrogen-bond acceptors (Lipinski definition) is 3. The molecule has 1 aromatic carbocycles. The number of nitrogens with zero attached hydrogens (tertiary/aromatic N) is 1. The highest BCUT2D eigenvalue weighted by Crippen LogP contribution is 2.24. The lowest BCUT2D eigenvalue weighted by Crippen LogP contribution is -2.33. The SMILES string of the molecule is CN1CCCC1C(=O)c1cc(Cl)ccc1N. The summed E-state index contributed by atoms with van der Waals surface area (Å²) in [4.78, 5) is 14.3. The molecular formula is C12H15ClN2O. The molecule has 0 amide bonds. The third kappa shape index (κ3) is 2.06. The molecule has 1 unspecified atom stereocenters. The number of nitrogen functional groups attached to an aromatic ring is 1. The van der Waals surface area contributed by atoms with Crippen LogP contribution in [0.1, 0.15) is 23.2 Å². The van der Waals surface area contributed by atoms with Gasteiger partial charge in [-0.05, 0) is 44.6 Å². The molecule has 1 atom stereocenters. The van der Waals surface area contributed by atoms with E-state index in [1.54, 1.807) is 18.2 Å². The smallest absolute Gasteiger partial charge is 0.182 e. The first-order valence-corrected chi connectivity index (χ1v) is 5.77. The van der Waals surface area contributed by atoms with Crippen LogP contribution in [-0.2, 0) is 0 Å². The van der Waals surface area contributed by atoms with Gasteiger partial charge in [-0.2, -0.15) is 0 Å². The molecule has 0 spiro atoms. The number of halogens is 1. The van der Waals surface area contributed by atoms with Crippen LogP contribution in [0.15, 0.2) is 18.2 Å². The fourth-order valence-electron chi connectivity index (χ4n) is 2.16. The average Bonchev–Trinajstić information content (AvgIpc) is 2.67. The molecule has 1 heterocycles. The van der Waals surface area contributed by atoms with Crippen LogP contribution >= 0.6 is 11.6 Å². The van der Waals surface area contributed by atoms with Crippen molar-refractivity contribution in [2.24, 2.45) is 0 Å². The molecule has 4 heteroatoms. The van der Waals surface area contributed by atoms with E-state index in [0.29, 0.717) is 16.3 Å². The van der Waals surface area contributed by atoms with Crippen molar-refractivity contribution in [1.29, 1.82) is 0 Å². The predicted molar refractivity (Wildman–Crippen MR) is 65.8 cm³/mol. The van der Waals surface area contributed by atoms with Crippen LogP contribution in [0.5, 0.6) is 0 Å². The zero-order valence-electron chi connectivity index (χ0n) is 9.24. The summed E-state index contributed by atoms with van der Waals surface area (Å²) in [6.07, 6.45) is 1.97. The van der Waals surface area contributed by atoms with Gasteiger partial charge in [-0.1, -0.05) is 11.6 Å². The largest absolute Gasteiger partial charge is 0.398 e. The zero-order chi connectivity index (χ0) is 11.7. The molecule has 2 N–H and O–H groups in total. The fraction of sp³-hybridized carbons (Fsp3) is 0.417. The van der Waals surface area contributed by atoms with Crippen LogP contribution in [0.4, 0.5) is 5.69 Å². The number of benzene rings is 1. The summed E-state index contributed by atoms with van der Waals surface area (Å²) in [6.45, 7) is 0.969. The number of hydrogen-bond donors (Lipinski definition) is 1. The molecule has 1 fully saturated rings. The highest BCUT2D eigenvalue weighted by atomic mass is 35.5. The summed E-state index contributed by atoms with van der Waals surface area (Å²) in [5, 5.41) is 0.554. The number of carbonyl (C=O) groups is 1. The lowest BCUT2D eigenvalue weighted by atomic mass is 10.0. The molecule has 86 valence electrons. The second kappa shape index (κ2) is 4.44. The van der Waals surface area contributed by atoms with Gasteiger partial charge in [-0.25, -0.2) is 0 Å². The van der Waals surface area contributed by atoms with Gasteiger partial charge in [0.2, 0.25) is 0 Å². The summed E-state index contributed by atoms with van der Waals surface area (Å²) in [5.41, 5.74) is 6.86. The Morgan fingerprint density at radius 2 is 2.31 bits per heavy atom. The van der Waals surface area contributed by atoms with Gasteiger partial charge in [0.25, 0.3) is 0 Å². The number of rotatable bonds is 2. The van der Waals surface area contributed by atoms with Gasteiger partial charge in [-0.15, -0.1) is 0 Å². The first-order chi connectivity index (χ1) is 7.59. The van der Waals surface area contributed by atoms with Crippen LogP contribution in [-0.4, -0.2) is 30.3 Å². The van der Waals surface area contributed by atoms with Crippen molar-refractivity contribution >= 4 is 23.1 Å². The summed E-state index contributed by atoms with van der Waals surface area (Å²) < 4.78 is 0. The van der Waals surface area contributed by atoms with Crippen LogP contribution < -0.4 is 5.73 Å². The number of likely N-dealkylation sites (N-methyl/N-ethyl adjacent to an activating group) is 1. The number of anilines is 1. The topological polar surface area (TPSA) is 46.3 Å². The maximum Gasteiger partial charge on any atom is 0.182 e. The normalized spacial score (nSPS) is 21.2. The van der Waals surface area contributed by atoms with Gasteiger partial charge in [-0.3, -0.25) is 9.69 Å². The van der Waals surface area contributed by atoms with Gasteiger partial charge < -0.3 is 5.73 Å². The average molecular weight is 239 g/mol. The van der Waals surface area contributed by atoms with E-state index in [1.807, 2.05) is 7.05 Å². The minimum absolute atomic E-state index is 0.0410. The van der Waals surface area contributed by atoms with Crippen molar-refractivity contribution in [2.45, 2.75) is 18.9 Å². The number of nitrogens with two attached hydrogens (primary N) is 1. The molecule has 0 aliphatic carbocycles. The van der Waals surface area contributed by atoms with Crippen LogP contribution in [0.2, 0.25) is 5.02 Å². The van der Waals surface area contributed by atoms with E-state index >= 15 is 0 Å². The second-order valence-electron chi connectivity index (χ2n) is 4.23. The first kappa shape index (κ1) is 11.4. The van der Waals surface area contributed by atoms with E-state index in [2.05, 4.69) is 4.90 Å². The van der Waals surface area contributed by atoms with Gasteiger partial charge in [0.1, 0.15) is 0 Å². The highest BCUT2D eigenvalue weighted by Gasteiger charge is 2.29. The third-order valence-electron chi connectivity index (χ3n) is 3.10. The van der Waals surface area contributed by atoms with E-state index in [0.717, 1.165) is 19.4 Å². The lowest BCUT2D eigenvalue weighted by Gasteiger charge is -2.18. The molecule has 1 aliphatic heterocycles.